The number of H-pyrrole nitrogens is 1. The minimum atomic E-state index is -0.0348. The number of amides is 1. The zero-order valence-corrected chi connectivity index (χ0v) is 18.9. The molecule has 4 aromatic rings. The Morgan fingerprint density at radius 1 is 1.15 bits per heavy atom. The van der Waals surface area contributed by atoms with E-state index in [1.165, 1.54) is 5.56 Å². The molecule has 4 heterocycles. The van der Waals surface area contributed by atoms with Crippen LogP contribution < -0.4 is 5.32 Å². The fourth-order valence-corrected chi connectivity index (χ4v) is 4.85. The number of hydrogen-bond donors (Lipinski definition) is 2. The summed E-state index contributed by atoms with van der Waals surface area (Å²) in [4.78, 5) is 22.4. The standard InChI is InChI=1S/C25H27N7O2/c33-25(18-6-7-20-21(12-18)27-16-26-20)28-19-8-10-31(11-9-19)13-22-23-15-34-24(14-32(23)30-29-22)17-4-2-1-3-5-17/h1-7,12,16,19,24H,8-11,13-15H2,(H,26,27)(H,28,33)/t24-/m1/s1. The van der Waals surface area contributed by atoms with Crippen LogP contribution in [0.25, 0.3) is 11.0 Å². The average Bonchev–Trinajstić information content (AvgIpc) is 3.52. The molecular weight excluding hydrogens is 430 g/mol. The molecule has 1 saturated heterocycles. The van der Waals surface area contributed by atoms with Crippen LogP contribution in [-0.4, -0.2) is 54.9 Å². The first-order chi connectivity index (χ1) is 16.7. The van der Waals surface area contributed by atoms with E-state index in [2.05, 4.69) is 42.6 Å². The summed E-state index contributed by atoms with van der Waals surface area (Å²) < 4.78 is 8.12. The second kappa shape index (κ2) is 9.00. The first kappa shape index (κ1) is 21.0. The van der Waals surface area contributed by atoms with Crippen molar-refractivity contribution in [2.45, 2.75) is 44.7 Å². The molecule has 2 aliphatic rings. The van der Waals surface area contributed by atoms with Gasteiger partial charge in [0.2, 0.25) is 0 Å². The number of fused-ring (bicyclic) bond motifs is 2. The number of aromatic nitrogens is 5. The number of carbonyl (C=O) groups excluding carboxylic acids is 1. The van der Waals surface area contributed by atoms with Crippen molar-refractivity contribution in [2.24, 2.45) is 0 Å². The van der Waals surface area contributed by atoms with E-state index >= 15 is 0 Å². The molecule has 0 aliphatic carbocycles. The lowest BCUT2D eigenvalue weighted by Gasteiger charge is -2.32. The highest BCUT2D eigenvalue weighted by Gasteiger charge is 2.27. The number of carbonyl (C=O) groups is 1. The fraction of sp³-hybridized carbons (Fsp3) is 0.360. The Morgan fingerprint density at radius 3 is 2.85 bits per heavy atom. The van der Waals surface area contributed by atoms with Gasteiger partial charge < -0.3 is 15.0 Å². The van der Waals surface area contributed by atoms with Crippen molar-refractivity contribution in [3.05, 3.63) is 77.4 Å². The molecule has 0 radical (unpaired) electrons. The van der Waals surface area contributed by atoms with Gasteiger partial charge in [-0.25, -0.2) is 9.67 Å². The molecule has 0 bridgehead atoms. The van der Waals surface area contributed by atoms with Gasteiger partial charge >= 0.3 is 0 Å². The first-order valence-corrected chi connectivity index (χ1v) is 11.8. The van der Waals surface area contributed by atoms with Crippen LogP contribution in [0.5, 0.6) is 0 Å². The van der Waals surface area contributed by atoms with Crippen LogP contribution in [-0.2, 0) is 24.4 Å². The number of ether oxygens (including phenoxy) is 1. The summed E-state index contributed by atoms with van der Waals surface area (Å²) in [5, 5.41) is 12.1. The zero-order chi connectivity index (χ0) is 22.9. The van der Waals surface area contributed by atoms with Crippen LogP contribution in [0.3, 0.4) is 0 Å². The van der Waals surface area contributed by atoms with E-state index in [-0.39, 0.29) is 18.1 Å². The molecule has 2 N–H and O–H groups in total. The SMILES string of the molecule is O=C(NC1CCN(Cc2nnn3c2CO[C@@H](c2ccccc2)C3)CC1)c1ccc2nc[nH]c2c1. The molecule has 1 atom stereocenters. The molecule has 1 fully saturated rings. The zero-order valence-electron chi connectivity index (χ0n) is 18.9. The van der Waals surface area contributed by atoms with Crippen molar-refractivity contribution >= 4 is 16.9 Å². The third-order valence-corrected chi connectivity index (χ3v) is 6.83. The summed E-state index contributed by atoms with van der Waals surface area (Å²) in [5.41, 5.74) is 5.61. The number of piperidine rings is 1. The lowest BCUT2D eigenvalue weighted by molar-refractivity contribution is -0.00216. The molecule has 2 aliphatic heterocycles. The molecule has 1 amide bonds. The molecule has 34 heavy (non-hydrogen) atoms. The van der Waals surface area contributed by atoms with Crippen molar-refractivity contribution in [3.8, 4) is 0 Å². The maximum Gasteiger partial charge on any atom is 0.251 e. The van der Waals surface area contributed by atoms with Gasteiger partial charge in [-0.3, -0.25) is 9.69 Å². The first-order valence-electron chi connectivity index (χ1n) is 11.8. The average molecular weight is 458 g/mol. The Morgan fingerprint density at radius 2 is 2.00 bits per heavy atom. The Labute approximate surface area is 197 Å². The molecule has 2 aromatic heterocycles. The predicted octanol–water partition coefficient (Wildman–Crippen LogP) is 2.82. The number of likely N-dealkylation sites (tertiary alicyclic amines) is 1. The number of nitrogens with zero attached hydrogens (tertiary/aromatic N) is 5. The van der Waals surface area contributed by atoms with Crippen molar-refractivity contribution < 1.29 is 9.53 Å². The van der Waals surface area contributed by atoms with E-state index in [1.807, 2.05) is 41.1 Å². The number of imidazole rings is 1. The van der Waals surface area contributed by atoms with Crippen molar-refractivity contribution in [2.75, 3.05) is 13.1 Å². The van der Waals surface area contributed by atoms with Gasteiger partial charge in [0.1, 0.15) is 11.8 Å². The van der Waals surface area contributed by atoms with Crippen LogP contribution in [0.1, 0.15) is 46.3 Å². The molecule has 0 spiro atoms. The highest BCUT2D eigenvalue weighted by Crippen LogP contribution is 2.27. The highest BCUT2D eigenvalue weighted by atomic mass is 16.5. The Hall–Kier alpha value is -3.56. The van der Waals surface area contributed by atoms with Gasteiger partial charge in [0.25, 0.3) is 5.91 Å². The molecule has 2 aromatic carbocycles. The number of rotatable bonds is 5. The Bertz CT molecular complexity index is 1290. The van der Waals surface area contributed by atoms with Gasteiger partial charge in [0.05, 0.1) is 36.2 Å². The maximum atomic E-state index is 12.7. The van der Waals surface area contributed by atoms with Gasteiger partial charge in [0, 0.05) is 31.2 Å². The van der Waals surface area contributed by atoms with Crippen LogP contribution in [0.15, 0.2) is 54.9 Å². The van der Waals surface area contributed by atoms with E-state index in [0.29, 0.717) is 18.7 Å². The Kier molecular flexibility index (Phi) is 5.56. The van der Waals surface area contributed by atoms with Crippen molar-refractivity contribution in [1.82, 2.24) is 35.2 Å². The lowest BCUT2D eigenvalue weighted by atomic mass is 10.0. The second-order valence-electron chi connectivity index (χ2n) is 9.03. The van der Waals surface area contributed by atoms with Crippen molar-refractivity contribution in [1.29, 1.82) is 0 Å². The van der Waals surface area contributed by atoms with Gasteiger partial charge in [0.15, 0.2) is 0 Å². The molecule has 9 heteroatoms. The van der Waals surface area contributed by atoms with E-state index in [0.717, 1.165) is 54.9 Å². The highest BCUT2D eigenvalue weighted by molar-refractivity contribution is 5.97. The van der Waals surface area contributed by atoms with Gasteiger partial charge in [-0.05, 0) is 36.6 Å². The number of benzene rings is 2. The molecular formula is C25H27N7O2. The largest absolute Gasteiger partial charge is 0.365 e. The summed E-state index contributed by atoms with van der Waals surface area (Å²) in [6.07, 6.45) is 3.47. The lowest BCUT2D eigenvalue weighted by Crippen LogP contribution is -2.44. The number of hydrogen-bond acceptors (Lipinski definition) is 6. The van der Waals surface area contributed by atoms with Crippen LogP contribution >= 0.6 is 0 Å². The summed E-state index contributed by atoms with van der Waals surface area (Å²) in [7, 11) is 0. The van der Waals surface area contributed by atoms with Gasteiger partial charge in [-0.1, -0.05) is 35.5 Å². The van der Waals surface area contributed by atoms with Crippen LogP contribution in [0.2, 0.25) is 0 Å². The second-order valence-corrected chi connectivity index (χ2v) is 9.03. The van der Waals surface area contributed by atoms with E-state index in [9.17, 15) is 4.79 Å². The van der Waals surface area contributed by atoms with E-state index < -0.39 is 0 Å². The fourth-order valence-electron chi connectivity index (χ4n) is 4.85. The minimum absolute atomic E-state index is 0.0107. The summed E-state index contributed by atoms with van der Waals surface area (Å²) >= 11 is 0. The Balaban J connectivity index is 1.03. The smallest absolute Gasteiger partial charge is 0.251 e. The molecule has 6 rings (SSSR count). The minimum Gasteiger partial charge on any atom is -0.365 e. The van der Waals surface area contributed by atoms with Crippen LogP contribution in [0.4, 0.5) is 0 Å². The van der Waals surface area contributed by atoms with E-state index in [4.69, 9.17) is 4.74 Å². The van der Waals surface area contributed by atoms with Crippen LogP contribution in [0, 0.1) is 0 Å². The summed E-state index contributed by atoms with van der Waals surface area (Å²) in [6.45, 7) is 3.78. The third-order valence-electron chi connectivity index (χ3n) is 6.83. The number of aromatic amines is 1. The summed E-state index contributed by atoms with van der Waals surface area (Å²) in [6, 6.07) is 16.0. The van der Waals surface area contributed by atoms with Crippen molar-refractivity contribution in [3.63, 3.8) is 0 Å². The van der Waals surface area contributed by atoms with Gasteiger partial charge in [-0.15, -0.1) is 5.10 Å². The molecule has 0 unspecified atom stereocenters. The number of nitrogens with one attached hydrogen (secondary N) is 2. The molecule has 9 nitrogen and oxygen atoms in total. The monoisotopic (exact) mass is 457 g/mol. The predicted molar refractivity (Wildman–Crippen MR) is 126 cm³/mol. The maximum absolute atomic E-state index is 12.7. The van der Waals surface area contributed by atoms with E-state index in [1.54, 1.807) is 6.33 Å². The van der Waals surface area contributed by atoms with Gasteiger partial charge in [-0.2, -0.15) is 0 Å². The topological polar surface area (TPSA) is 101 Å². The summed E-state index contributed by atoms with van der Waals surface area (Å²) in [5.74, 6) is -0.0348. The molecule has 0 saturated carbocycles. The molecule has 174 valence electrons. The normalized spacial score (nSPS) is 19.2. The third kappa shape index (κ3) is 4.20. The quantitative estimate of drug-likeness (QED) is 0.478.